The highest BCUT2D eigenvalue weighted by Crippen LogP contribution is 2.37. The van der Waals surface area contributed by atoms with Gasteiger partial charge >= 0.3 is 19.3 Å². The number of aromatic nitrogens is 14. The summed E-state index contributed by atoms with van der Waals surface area (Å²) in [6.45, 7) is 29.4. The fourth-order valence-corrected chi connectivity index (χ4v) is 14.3. The van der Waals surface area contributed by atoms with E-state index in [0.29, 0.717) is 74.2 Å². The van der Waals surface area contributed by atoms with Crippen LogP contribution in [0.25, 0.3) is 22.2 Å². The van der Waals surface area contributed by atoms with Crippen molar-refractivity contribution in [2.24, 2.45) is 0 Å². The molecular weight excluding hydrogens is 1480 g/mol. The van der Waals surface area contributed by atoms with Crippen molar-refractivity contribution in [3.05, 3.63) is 151 Å². The summed E-state index contributed by atoms with van der Waals surface area (Å²) in [6, 6.07) is 17.5. The van der Waals surface area contributed by atoms with Gasteiger partial charge in [-0.1, -0.05) is 55.2 Å². The van der Waals surface area contributed by atoms with Crippen LogP contribution in [0.4, 0.5) is 41.9 Å². The van der Waals surface area contributed by atoms with Gasteiger partial charge < -0.3 is 57.7 Å². The van der Waals surface area contributed by atoms with Gasteiger partial charge in [0, 0.05) is 162 Å². The number of nitrogens with zero attached hydrogens (tertiary/aromatic N) is 20. The molecule has 0 radical (unpaired) electrons. The summed E-state index contributed by atoms with van der Waals surface area (Å²) in [6.07, 6.45) is 20.6. The quantitative estimate of drug-likeness (QED) is 0.0917. The second kappa shape index (κ2) is 33.2. The second-order valence-electron chi connectivity index (χ2n) is 29.0. The van der Waals surface area contributed by atoms with E-state index in [0.717, 1.165) is 106 Å². The van der Waals surface area contributed by atoms with Crippen molar-refractivity contribution in [1.82, 2.24) is 78.5 Å². The molecule has 0 spiro atoms. The first-order chi connectivity index (χ1) is 50.7. The molecule has 5 saturated heterocycles. The molecule has 8 aromatic heterocycles. The molecule has 0 unspecified atom stereocenters. The van der Waals surface area contributed by atoms with Crippen molar-refractivity contribution in [3.8, 4) is 11.1 Å². The Labute approximate surface area is 638 Å². The van der Waals surface area contributed by atoms with E-state index in [1.807, 2.05) is 137 Å². The van der Waals surface area contributed by atoms with Gasteiger partial charge in [-0.05, 0) is 122 Å². The average Bonchev–Trinajstić information content (AvgIpc) is 1.64. The molecule has 28 nitrogen and oxygen atoms in total. The first kappa shape index (κ1) is 77.6. The van der Waals surface area contributed by atoms with Gasteiger partial charge in [-0.3, -0.25) is 9.36 Å². The number of piperazine rings is 2. The Balaban J connectivity index is 0.000000158. The van der Waals surface area contributed by atoms with E-state index in [2.05, 4.69) is 91.9 Å². The lowest BCUT2D eigenvalue weighted by Crippen LogP contribution is -2.48. The number of fused-ring (bicyclic) bond motifs is 2. The molecule has 2 amide bonds. The normalized spacial score (nSPS) is 18.2. The van der Waals surface area contributed by atoms with Crippen LogP contribution in [0.2, 0.25) is 0 Å². The van der Waals surface area contributed by atoms with E-state index in [-0.39, 0.29) is 54.7 Å². The average molecular weight is 1570 g/mol. The third kappa shape index (κ3) is 19.5. The Morgan fingerprint density at radius 1 is 0.542 bits per heavy atom. The van der Waals surface area contributed by atoms with Crippen molar-refractivity contribution in [2.45, 2.75) is 144 Å². The smallest absolute Gasteiger partial charge is 0.444 e. The molecule has 5 aliphatic heterocycles. The summed E-state index contributed by atoms with van der Waals surface area (Å²) in [5.41, 5.74) is 2.85. The number of carbonyl (C=O) groups excluding carboxylic acids is 2. The Morgan fingerprint density at radius 2 is 0.972 bits per heavy atom. The lowest BCUT2D eigenvalue weighted by molar-refractivity contribution is -0.0484. The molecule has 5 fully saturated rings. The number of anilines is 4. The van der Waals surface area contributed by atoms with Crippen LogP contribution >= 0.6 is 39.5 Å². The van der Waals surface area contributed by atoms with E-state index in [4.69, 9.17) is 28.3 Å². The van der Waals surface area contributed by atoms with Crippen molar-refractivity contribution in [3.63, 3.8) is 0 Å². The molecular formula is C73H90BBrF2N20O8S2. The number of ether oxygens (including phenoxy) is 4. The Bertz CT molecular complexity index is 4650. The monoisotopic (exact) mass is 1570 g/mol. The van der Waals surface area contributed by atoms with E-state index < -0.39 is 18.3 Å². The Morgan fingerprint density at radius 3 is 1.44 bits per heavy atom. The highest BCUT2D eigenvalue weighted by molar-refractivity contribution is 9.10. The number of rotatable bonds is 14. The summed E-state index contributed by atoms with van der Waals surface area (Å²) in [5, 5.41) is 17.7. The van der Waals surface area contributed by atoms with Crippen LogP contribution in [-0.2, 0) is 41.3 Å². The summed E-state index contributed by atoms with van der Waals surface area (Å²) in [4.78, 5) is 67.0. The molecule has 10 aromatic rings. The van der Waals surface area contributed by atoms with Crippen LogP contribution in [0.15, 0.2) is 159 Å². The lowest BCUT2D eigenvalue weighted by Gasteiger charge is -2.35. The van der Waals surface area contributed by atoms with Gasteiger partial charge in [0.15, 0.2) is 11.6 Å². The fourth-order valence-electron chi connectivity index (χ4n) is 12.3. The zero-order valence-electron chi connectivity index (χ0n) is 60.9. The maximum absolute atomic E-state index is 14.0. The highest BCUT2D eigenvalue weighted by atomic mass is 79.9. The van der Waals surface area contributed by atoms with Gasteiger partial charge in [0.25, 0.3) is 0 Å². The van der Waals surface area contributed by atoms with E-state index >= 15 is 0 Å². The number of hydrogen-bond donors (Lipinski definition) is 0. The molecule has 107 heavy (non-hydrogen) atoms. The van der Waals surface area contributed by atoms with Crippen molar-refractivity contribution >= 4 is 98.8 Å². The largest absolute Gasteiger partial charge is 0.498 e. The second-order valence-corrected chi connectivity index (χ2v) is 32.2. The minimum absolute atomic E-state index is 0. The number of halogens is 3. The van der Waals surface area contributed by atoms with Gasteiger partial charge in [0.1, 0.15) is 46.5 Å². The summed E-state index contributed by atoms with van der Waals surface area (Å²) in [5.74, 6) is 2.62. The fraction of sp³-hybridized carbons (Fsp3) is 0.452. The Kier molecular flexibility index (Phi) is 24.1. The molecule has 0 saturated carbocycles. The van der Waals surface area contributed by atoms with E-state index in [9.17, 15) is 18.4 Å². The van der Waals surface area contributed by atoms with Gasteiger partial charge in [-0.2, -0.15) is 20.4 Å². The minimum Gasteiger partial charge on any atom is -0.444 e. The van der Waals surface area contributed by atoms with Crippen LogP contribution < -0.4 is 25.1 Å². The number of benzene rings is 2. The summed E-state index contributed by atoms with van der Waals surface area (Å²) in [7, 11) is -0.440. The van der Waals surface area contributed by atoms with Crippen molar-refractivity contribution in [1.29, 1.82) is 0 Å². The molecule has 2 aromatic carbocycles. The topological polar surface area (TPSA) is 257 Å². The molecule has 0 bridgehead atoms. The number of hydrogen-bond acceptors (Lipinski definition) is 24. The molecule has 5 aliphatic rings. The van der Waals surface area contributed by atoms with Crippen molar-refractivity contribution < 1.29 is 46.6 Å². The third-order valence-corrected chi connectivity index (χ3v) is 20.8. The SMILES string of the molecule is C.CC(C)(C)OC(=O)N1CCO[C@H](Cn2cc(-c3cc4c(N5CCN(c6ncc(Sc7ccccc7F)cn6)CC5)ncnn4c3)cn2)C1.CC(C)(C)OC(=O)N1CCO[C@H](Cn2cc(B3OC(C)(C)C(C)(C)O3)cn2)C1.Fc1ccccc1Sc1cnc(N2CCN(c3ncnn4cc(Br)cc34)CC2)nc1. The predicted octanol–water partition coefficient (Wildman–Crippen LogP) is 11.0. The number of amides is 2. The number of morpholine rings is 2. The van der Waals surface area contributed by atoms with Crippen LogP contribution in [0, 0.1) is 11.6 Å². The highest BCUT2D eigenvalue weighted by Gasteiger charge is 2.52. The zero-order valence-corrected chi connectivity index (χ0v) is 64.1. The lowest BCUT2D eigenvalue weighted by atomic mass is 9.82. The van der Waals surface area contributed by atoms with Crippen molar-refractivity contribution in [2.75, 3.05) is 111 Å². The molecule has 2 atom stereocenters. The third-order valence-electron chi connectivity index (χ3n) is 18.3. The van der Waals surface area contributed by atoms with E-state index in [1.54, 1.807) is 77.7 Å². The van der Waals surface area contributed by atoms with Crippen LogP contribution in [0.5, 0.6) is 0 Å². The summed E-state index contributed by atoms with van der Waals surface area (Å²) >= 11 is 6.13. The van der Waals surface area contributed by atoms with Gasteiger partial charge in [0.05, 0.1) is 69.0 Å². The first-order valence-electron chi connectivity index (χ1n) is 35.1. The standard InChI is InChI=1S/C33H37FN10O3S.C20H17BrFN7S.C19H32BN3O5.CH4/c1-33(2,3)47-32(45)42-12-13-46-25(20-42)21-43-18-24(15-38-43)23-14-28-30(37-22-39-44(28)19-23)40-8-10-41(11-9-40)31-35-16-26(17-36-31)48-29-7-5-4-6-27(29)34;21-14-9-17-19(25-13-26-29(17)12-14)27-5-7-28(8-6-27)20-23-10-15(11-24-20)30-18-4-2-1-3-16(18)22;1-17(2,3)26-16(24)22-8-9-25-15(12-22)13-23-11-14(10-21-23)20-27-18(4,5)19(6,7)28-20;/h4-7,14-19,22,25H,8-13,20-21H2,1-3H3;1-4,9-13H,5-8H2;10-11,15H,8-9,12-13H2,1-7H3;1H4/t25-;;15-;/m0.0./s1. The van der Waals surface area contributed by atoms with Crippen LogP contribution in [-0.4, -0.2) is 224 Å². The molecule has 0 aliphatic carbocycles. The molecule has 15 rings (SSSR count). The zero-order chi connectivity index (χ0) is 74.5. The van der Waals surface area contributed by atoms with Crippen LogP contribution in [0.3, 0.4) is 0 Å². The predicted molar refractivity (Wildman–Crippen MR) is 409 cm³/mol. The van der Waals surface area contributed by atoms with Gasteiger partial charge in [-0.25, -0.2) is 57.3 Å². The van der Waals surface area contributed by atoms with Crippen LogP contribution in [0.1, 0.15) is 76.7 Å². The van der Waals surface area contributed by atoms with E-state index in [1.165, 1.54) is 35.7 Å². The van der Waals surface area contributed by atoms with Gasteiger partial charge in [-0.15, -0.1) is 0 Å². The molecule has 0 N–H and O–H groups in total. The molecule has 13 heterocycles. The first-order valence-corrected chi connectivity index (χ1v) is 37.6. The summed E-state index contributed by atoms with van der Waals surface area (Å²) < 4.78 is 71.1. The number of carbonyl (C=O) groups is 2. The maximum atomic E-state index is 14.0. The molecule has 566 valence electrons. The molecule has 34 heteroatoms. The Hall–Kier alpha value is -9.06. The van der Waals surface area contributed by atoms with Gasteiger partial charge in [0.2, 0.25) is 11.9 Å². The maximum Gasteiger partial charge on any atom is 0.498 e. The minimum atomic E-state index is -0.545.